The van der Waals surface area contributed by atoms with Crippen LogP contribution in [0.3, 0.4) is 0 Å². The number of carbonyl (C=O) groups excluding carboxylic acids is 1. The second-order valence-corrected chi connectivity index (χ2v) is 4.76. The summed E-state index contributed by atoms with van der Waals surface area (Å²) < 4.78 is 0.738. The van der Waals surface area contributed by atoms with Crippen molar-refractivity contribution in [3.63, 3.8) is 0 Å². The van der Waals surface area contributed by atoms with Crippen LogP contribution >= 0.6 is 15.9 Å². The predicted molar refractivity (Wildman–Crippen MR) is 72.7 cm³/mol. The zero-order valence-corrected chi connectivity index (χ0v) is 11.2. The summed E-state index contributed by atoms with van der Waals surface area (Å²) in [5, 5.41) is 12.3. The molecule has 0 fully saturated rings. The number of carbonyl (C=O) groups is 1. The summed E-state index contributed by atoms with van der Waals surface area (Å²) in [6.07, 6.45) is 3.09. The molecule has 0 aliphatic rings. The Bertz CT molecular complexity index is 599. The van der Waals surface area contributed by atoms with E-state index in [4.69, 9.17) is 0 Å². The van der Waals surface area contributed by atoms with Crippen molar-refractivity contribution >= 4 is 27.5 Å². The zero-order chi connectivity index (χ0) is 13.1. The van der Waals surface area contributed by atoms with E-state index in [0.29, 0.717) is 11.3 Å². The maximum Gasteiger partial charge on any atom is 0.257 e. The van der Waals surface area contributed by atoms with Gasteiger partial charge in [0.15, 0.2) is 0 Å². The van der Waals surface area contributed by atoms with Crippen LogP contribution in [0.5, 0.6) is 5.75 Å². The lowest BCUT2D eigenvalue weighted by atomic mass is 10.2. The lowest BCUT2D eigenvalue weighted by Gasteiger charge is -2.07. The molecule has 0 atom stereocenters. The molecule has 0 unspecified atom stereocenters. The number of anilines is 1. The molecule has 92 valence electrons. The van der Waals surface area contributed by atoms with Crippen LogP contribution in [0.1, 0.15) is 15.9 Å². The predicted octanol–water partition coefficient (Wildman–Crippen LogP) is 3.11. The maximum absolute atomic E-state index is 11.9. The SMILES string of the molecule is Cc1ccc(NC(=O)c2cncc(Br)c2)cc1O. The standard InChI is InChI=1S/C13H11BrN2O2/c1-8-2-3-11(5-12(8)17)16-13(18)9-4-10(14)7-15-6-9/h2-7,17H,1H3,(H,16,18). The van der Waals surface area contributed by atoms with Gasteiger partial charge >= 0.3 is 0 Å². The molecule has 0 aliphatic heterocycles. The van der Waals surface area contributed by atoms with Crippen LogP contribution in [-0.2, 0) is 0 Å². The fraction of sp³-hybridized carbons (Fsp3) is 0.0769. The van der Waals surface area contributed by atoms with Crippen molar-refractivity contribution in [2.45, 2.75) is 6.92 Å². The van der Waals surface area contributed by atoms with Gasteiger partial charge in [-0.25, -0.2) is 0 Å². The molecule has 0 radical (unpaired) electrons. The molecule has 5 heteroatoms. The summed E-state index contributed by atoms with van der Waals surface area (Å²) in [6.45, 7) is 1.79. The van der Waals surface area contributed by atoms with Crippen molar-refractivity contribution in [2.75, 3.05) is 5.32 Å². The highest BCUT2D eigenvalue weighted by atomic mass is 79.9. The maximum atomic E-state index is 11.9. The minimum Gasteiger partial charge on any atom is -0.508 e. The highest BCUT2D eigenvalue weighted by molar-refractivity contribution is 9.10. The number of aromatic hydroxyl groups is 1. The van der Waals surface area contributed by atoms with Gasteiger partial charge in [0.1, 0.15) is 5.75 Å². The van der Waals surface area contributed by atoms with Gasteiger partial charge in [-0.1, -0.05) is 6.07 Å². The lowest BCUT2D eigenvalue weighted by molar-refractivity contribution is 0.102. The molecular formula is C13H11BrN2O2. The number of aromatic nitrogens is 1. The van der Waals surface area contributed by atoms with Gasteiger partial charge in [0.25, 0.3) is 5.91 Å². The number of nitrogens with one attached hydrogen (secondary N) is 1. The van der Waals surface area contributed by atoms with Crippen LogP contribution in [0.25, 0.3) is 0 Å². The quantitative estimate of drug-likeness (QED) is 0.896. The fourth-order valence-electron chi connectivity index (χ4n) is 1.43. The molecule has 1 aromatic carbocycles. The Morgan fingerprint density at radius 2 is 2.11 bits per heavy atom. The third-order valence-electron chi connectivity index (χ3n) is 2.43. The van der Waals surface area contributed by atoms with E-state index in [9.17, 15) is 9.90 Å². The van der Waals surface area contributed by atoms with E-state index >= 15 is 0 Å². The number of pyridine rings is 1. The van der Waals surface area contributed by atoms with Gasteiger partial charge < -0.3 is 10.4 Å². The molecule has 0 bridgehead atoms. The van der Waals surface area contributed by atoms with Crippen molar-refractivity contribution in [2.24, 2.45) is 0 Å². The second kappa shape index (κ2) is 5.18. The number of hydrogen-bond acceptors (Lipinski definition) is 3. The van der Waals surface area contributed by atoms with Crippen molar-refractivity contribution in [3.05, 3.63) is 52.3 Å². The average molecular weight is 307 g/mol. The minimum atomic E-state index is -0.271. The Balaban J connectivity index is 2.18. The molecule has 1 aromatic heterocycles. The smallest absolute Gasteiger partial charge is 0.257 e. The van der Waals surface area contributed by atoms with Crippen LogP contribution in [0, 0.1) is 6.92 Å². The van der Waals surface area contributed by atoms with E-state index in [1.54, 1.807) is 31.3 Å². The molecule has 1 heterocycles. The monoisotopic (exact) mass is 306 g/mol. The van der Waals surface area contributed by atoms with E-state index in [-0.39, 0.29) is 11.7 Å². The zero-order valence-electron chi connectivity index (χ0n) is 9.64. The van der Waals surface area contributed by atoms with Crippen LogP contribution in [0.15, 0.2) is 41.1 Å². The first-order chi connectivity index (χ1) is 8.56. The molecule has 2 N–H and O–H groups in total. The second-order valence-electron chi connectivity index (χ2n) is 3.85. The number of nitrogens with zero attached hydrogens (tertiary/aromatic N) is 1. The van der Waals surface area contributed by atoms with Gasteiger partial charge in [0.2, 0.25) is 0 Å². The van der Waals surface area contributed by atoms with Gasteiger partial charge in [-0.15, -0.1) is 0 Å². The summed E-state index contributed by atoms with van der Waals surface area (Å²) in [5.41, 5.74) is 1.75. The Hall–Kier alpha value is -1.88. The molecule has 1 amide bonds. The van der Waals surface area contributed by atoms with Crippen molar-refractivity contribution in [1.82, 2.24) is 4.98 Å². The first-order valence-corrected chi connectivity index (χ1v) is 6.07. The van der Waals surface area contributed by atoms with Gasteiger partial charge in [0.05, 0.1) is 5.56 Å². The van der Waals surface area contributed by atoms with E-state index < -0.39 is 0 Å². The van der Waals surface area contributed by atoms with Crippen molar-refractivity contribution < 1.29 is 9.90 Å². The van der Waals surface area contributed by atoms with Crippen molar-refractivity contribution in [3.8, 4) is 5.75 Å². The molecule has 0 spiro atoms. The van der Waals surface area contributed by atoms with E-state index in [0.717, 1.165) is 10.0 Å². The van der Waals surface area contributed by atoms with E-state index in [2.05, 4.69) is 26.2 Å². The summed E-state index contributed by atoms with van der Waals surface area (Å²) in [6, 6.07) is 6.66. The molecule has 0 saturated carbocycles. The van der Waals surface area contributed by atoms with Crippen molar-refractivity contribution in [1.29, 1.82) is 0 Å². The third kappa shape index (κ3) is 2.87. The molecule has 0 saturated heterocycles. The Kier molecular flexibility index (Phi) is 3.62. The van der Waals surface area contributed by atoms with Gasteiger partial charge in [0, 0.05) is 28.6 Å². The summed E-state index contributed by atoms with van der Waals surface area (Å²) >= 11 is 3.25. The first kappa shape index (κ1) is 12.6. The van der Waals surface area contributed by atoms with Crippen LogP contribution in [0.4, 0.5) is 5.69 Å². The van der Waals surface area contributed by atoms with Crippen LogP contribution in [0.2, 0.25) is 0 Å². The number of benzene rings is 1. The normalized spacial score (nSPS) is 10.1. The van der Waals surface area contributed by atoms with Crippen LogP contribution < -0.4 is 5.32 Å². The Morgan fingerprint density at radius 1 is 1.33 bits per heavy atom. The number of amides is 1. The topological polar surface area (TPSA) is 62.2 Å². The van der Waals surface area contributed by atoms with Crippen LogP contribution in [-0.4, -0.2) is 16.0 Å². The third-order valence-corrected chi connectivity index (χ3v) is 2.87. The molecule has 0 aliphatic carbocycles. The van der Waals surface area contributed by atoms with Gasteiger partial charge in [-0.2, -0.15) is 0 Å². The molecule has 2 rings (SSSR count). The number of rotatable bonds is 2. The number of halogens is 1. The number of aryl methyl sites for hydroxylation is 1. The molecule has 4 nitrogen and oxygen atoms in total. The minimum absolute atomic E-state index is 0.153. The first-order valence-electron chi connectivity index (χ1n) is 5.28. The van der Waals surface area contributed by atoms with Gasteiger partial charge in [-0.05, 0) is 40.5 Å². The number of hydrogen-bond donors (Lipinski definition) is 2. The fourth-order valence-corrected chi connectivity index (χ4v) is 1.79. The highest BCUT2D eigenvalue weighted by Crippen LogP contribution is 2.21. The highest BCUT2D eigenvalue weighted by Gasteiger charge is 2.07. The van der Waals surface area contributed by atoms with E-state index in [1.165, 1.54) is 12.3 Å². The summed E-state index contributed by atoms with van der Waals surface area (Å²) in [5.74, 6) is -0.118. The average Bonchev–Trinajstić information content (AvgIpc) is 2.34. The lowest BCUT2D eigenvalue weighted by Crippen LogP contribution is -2.12. The molecular weight excluding hydrogens is 296 g/mol. The Morgan fingerprint density at radius 3 is 2.78 bits per heavy atom. The summed E-state index contributed by atoms with van der Waals surface area (Å²) in [7, 11) is 0. The number of phenolic OH excluding ortho intramolecular Hbond substituents is 1. The largest absolute Gasteiger partial charge is 0.508 e. The van der Waals surface area contributed by atoms with E-state index in [1.807, 2.05) is 0 Å². The summed E-state index contributed by atoms with van der Waals surface area (Å²) in [4.78, 5) is 15.8. The van der Waals surface area contributed by atoms with Gasteiger partial charge in [-0.3, -0.25) is 9.78 Å². The number of phenols is 1. The molecule has 18 heavy (non-hydrogen) atoms. The molecule has 2 aromatic rings. The Labute approximate surface area is 113 Å².